The van der Waals surface area contributed by atoms with Gasteiger partial charge in [-0.3, -0.25) is 4.99 Å². The molecule has 0 saturated carbocycles. The predicted octanol–water partition coefficient (Wildman–Crippen LogP) is 6.39. The summed E-state index contributed by atoms with van der Waals surface area (Å²) >= 11 is 6.80. The van der Waals surface area contributed by atoms with Gasteiger partial charge in [0, 0.05) is 20.0 Å². The van der Waals surface area contributed by atoms with Crippen molar-refractivity contribution in [2.45, 2.75) is 91.4 Å². The number of aliphatic imine (C=N–C) groups is 1. The van der Waals surface area contributed by atoms with E-state index in [1.54, 1.807) is 55.7 Å². The Bertz CT molecular complexity index is 1310. The van der Waals surface area contributed by atoms with E-state index in [0.717, 1.165) is 5.56 Å². The van der Waals surface area contributed by atoms with E-state index in [-0.39, 0.29) is 23.0 Å². The van der Waals surface area contributed by atoms with Crippen molar-refractivity contribution in [2.24, 2.45) is 4.99 Å². The van der Waals surface area contributed by atoms with Gasteiger partial charge >= 0.3 is 12.2 Å². The highest BCUT2D eigenvalue weighted by atomic mass is 35.5. The van der Waals surface area contributed by atoms with Gasteiger partial charge in [-0.2, -0.15) is 9.97 Å². The third-order valence-electron chi connectivity index (χ3n) is 5.87. The molecule has 0 radical (unpaired) electrons. The van der Waals surface area contributed by atoms with Gasteiger partial charge in [0.15, 0.2) is 5.79 Å². The quantitative estimate of drug-likeness (QED) is 0.262. The molecule has 1 atom stereocenters. The highest BCUT2D eigenvalue weighted by Gasteiger charge is 2.37. The number of anilines is 2. The molecule has 3 rings (SSSR count). The second-order valence-corrected chi connectivity index (χ2v) is 12.7. The van der Waals surface area contributed by atoms with Gasteiger partial charge < -0.3 is 29.0 Å². The summed E-state index contributed by atoms with van der Waals surface area (Å²) in [7, 11) is 3.22. The van der Waals surface area contributed by atoms with Crippen molar-refractivity contribution in [2.75, 3.05) is 31.0 Å². The van der Waals surface area contributed by atoms with Crippen molar-refractivity contribution in [3.63, 3.8) is 0 Å². The first kappa shape index (κ1) is 34.0. The van der Waals surface area contributed by atoms with E-state index < -0.39 is 29.2 Å². The molecule has 0 bridgehead atoms. The number of carbonyl (C=O) groups excluding carboxylic acids is 2. The van der Waals surface area contributed by atoms with Crippen molar-refractivity contribution in [1.82, 2.24) is 9.97 Å². The lowest BCUT2D eigenvalue weighted by Crippen LogP contribution is -2.44. The molecule has 1 saturated heterocycles. The van der Waals surface area contributed by atoms with Crippen molar-refractivity contribution in [3.05, 3.63) is 40.5 Å². The topological polar surface area (TPSA) is 134 Å². The van der Waals surface area contributed by atoms with Crippen LogP contribution in [0.3, 0.4) is 0 Å². The van der Waals surface area contributed by atoms with Crippen molar-refractivity contribution < 1.29 is 33.3 Å². The fraction of sp³-hybridized carbons (Fsp3) is 0.567. The zero-order valence-electron chi connectivity index (χ0n) is 26.5. The fourth-order valence-electron chi connectivity index (χ4n) is 4.07. The van der Waals surface area contributed by atoms with Crippen LogP contribution in [0.25, 0.3) is 0 Å². The number of hydrogen-bond acceptors (Lipinski definition) is 11. The van der Waals surface area contributed by atoms with Gasteiger partial charge in [-0.25, -0.2) is 9.59 Å². The minimum absolute atomic E-state index is 0.0434. The molecule has 12 nitrogen and oxygen atoms in total. The largest absolute Gasteiger partial charge is 0.497 e. The highest BCUT2D eigenvalue weighted by Crippen LogP contribution is 2.31. The Morgan fingerprint density at radius 2 is 1.65 bits per heavy atom. The monoisotopic (exact) mass is 619 g/mol. The summed E-state index contributed by atoms with van der Waals surface area (Å²) in [5.41, 5.74) is -0.00144. The van der Waals surface area contributed by atoms with Gasteiger partial charge in [0.05, 0.1) is 31.1 Å². The number of nitrogens with zero attached hydrogens (tertiary/aromatic N) is 4. The minimum atomic E-state index is -1.02. The number of hydrogen-bond donors (Lipinski definition) is 1. The molecule has 0 spiro atoms. The zero-order chi connectivity index (χ0) is 32.2. The number of ether oxygens (including phenoxy) is 5. The summed E-state index contributed by atoms with van der Waals surface area (Å²) in [6.07, 6.45) is -1.98. The lowest BCUT2D eigenvalue weighted by molar-refractivity contribution is -0.137. The van der Waals surface area contributed by atoms with E-state index in [9.17, 15) is 9.59 Å². The summed E-state index contributed by atoms with van der Waals surface area (Å²) in [6, 6.07) is 7.45. The molecule has 1 aliphatic heterocycles. The van der Waals surface area contributed by atoms with Gasteiger partial charge in [-0.15, -0.1) is 4.90 Å². The number of halogens is 1. The molecule has 0 aliphatic carbocycles. The molecular weight excluding hydrogens is 578 g/mol. The van der Waals surface area contributed by atoms with Crippen molar-refractivity contribution >= 4 is 41.3 Å². The summed E-state index contributed by atoms with van der Waals surface area (Å²) < 4.78 is 28.0. The zero-order valence-corrected chi connectivity index (χ0v) is 27.3. The number of rotatable bonds is 8. The fourth-order valence-corrected chi connectivity index (χ4v) is 4.35. The van der Waals surface area contributed by atoms with Crippen LogP contribution in [-0.2, 0) is 25.5 Å². The Morgan fingerprint density at radius 3 is 2.12 bits per heavy atom. The Hall–Kier alpha value is -3.48. The van der Waals surface area contributed by atoms with Gasteiger partial charge in [-0.1, -0.05) is 23.7 Å². The Labute approximate surface area is 258 Å². The standard InChI is InChI=1S/C30H42ClN5O7/c1-28(2,3)42-26(37)36(27(38)43-29(4,5)6)25-34-23(31)22(21(32-9)15-20-17-40-30(7,8)41-20)24(35-25)33-16-18-11-13-19(39-10)14-12-18/h11-14,20H,15-17H2,1-10H3,(H,33,34,35)/b32-21-. The molecule has 1 aliphatic rings. The number of aromatic nitrogens is 2. The maximum Gasteiger partial charge on any atom is 0.427 e. The molecule has 1 unspecified atom stereocenters. The molecule has 1 fully saturated rings. The molecular formula is C30H42ClN5O7. The number of benzene rings is 1. The minimum Gasteiger partial charge on any atom is -0.497 e. The van der Waals surface area contributed by atoms with Crippen LogP contribution in [0.15, 0.2) is 29.3 Å². The van der Waals surface area contributed by atoms with E-state index in [0.29, 0.717) is 41.5 Å². The highest BCUT2D eigenvalue weighted by molar-refractivity contribution is 6.34. The van der Waals surface area contributed by atoms with Crippen LogP contribution >= 0.6 is 11.6 Å². The van der Waals surface area contributed by atoms with Gasteiger partial charge in [0.2, 0.25) is 5.95 Å². The second kappa shape index (κ2) is 13.4. The Kier molecular flexibility index (Phi) is 10.6. The van der Waals surface area contributed by atoms with Crippen molar-refractivity contribution in [1.29, 1.82) is 0 Å². The third-order valence-corrected chi connectivity index (χ3v) is 6.14. The number of nitrogens with one attached hydrogen (secondary N) is 1. The van der Waals surface area contributed by atoms with E-state index in [1.165, 1.54) is 0 Å². The van der Waals surface area contributed by atoms with E-state index in [1.807, 2.05) is 38.1 Å². The lowest BCUT2D eigenvalue weighted by Gasteiger charge is -2.28. The van der Waals surface area contributed by atoms with E-state index >= 15 is 0 Å². The predicted molar refractivity (Wildman–Crippen MR) is 164 cm³/mol. The second-order valence-electron chi connectivity index (χ2n) is 12.4. The molecule has 2 aromatic rings. The maximum atomic E-state index is 13.3. The normalized spacial score (nSPS) is 16.9. The summed E-state index contributed by atoms with van der Waals surface area (Å²) in [5.74, 6) is -0.109. The number of amides is 2. The molecule has 1 N–H and O–H groups in total. The van der Waals surface area contributed by atoms with Gasteiger partial charge in [0.1, 0.15) is 27.9 Å². The van der Waals surface area contributed by atoms with Crippen molar-refractivity contribution in [3.8, 4) is 5.75 Å². The third kappa shape index (κ3) is 9.77. The molecule has 2 heterocycles. The van der Waals surface area contributed by atoms with E-state index in [2.05, 4.69) is 20.3 Å². The SMILES string of the molecule is C/N=C(/CC1COC(C)(C)O1)c1c(Cl)nc(N(C(=O)OC(C)(C)C)C(=O)OC(C)(C)C)nc1NCc1ccc(OC)cc1. The first-order chi connectivity index (χ1) is 19.9. The average Bonchev–Trinajstić information content (AvgIpc) is 3.22. The smallest absolute Gasteiger partial charge is 0.427 e. The maximum absolute atomic E-state index is 13.3. The van der Waals surface area contributed by atoms with E-state index in [4.69, 9.17) is 35.3 Å². The van der Waals surface area contributed by atoms with Crippen LogP contribution in [0.1, 0.15) is 72.9 Å². The molecule has 13 heteroatoms. The molecule has 43 heavy (non-hydrogen) atoms. The lowest BCUT2D eigenvalue weighted by atomic mass is 10.1. The first-order valence-electron chi connectivity index (χ1n) is 13.9. The van der Waals surface area contributed by atoms with Gasteiger partial charge in [0.25, 0.3) is 0 Å². The number of carbonyl (C=O) groups is 2. The molecule has 1 aromatic heterocycles. The average molecular weight is 620 g/mol. The van der Waals surface area contributed by atoms with Crippen LogP contribution in [0.4, 0.5) is 21.4 Å². The number of imide groups is 1. The Morgan fingerprint density at radius 1 is 1.07 bits per heavy atom. The van der Waals surface area contributed by atoms with Crippen LogP contribution in [0.5, 0.6) is 5.75 Å². The molecule has 236 valence electrons. The molecule has 2 amide bonds. The van der Waals surface area contributed by atoms with Gasteiger partial charge in [-0.05, 0) is 73.1 Å². The summed E-state index contributed by atoms with van der Waals surface area (Å²) in [5, 5.41) is 3.23. The summed E-state index contributed by atoms with van der Waals surface area (Å²) in [4.78, 5) is 40.7. The van der Waals surface area contributed by atoms with Crippen LogP contribution in [0.2, 0.25) is 5.15 Å². The first-order valence-corrected chi connectivity index (χ1v) is 14.3. The molecule has 1 aromatic carbocycles. The van der Waals surface area contributed by atoms with Crippen LogP contribution in [0, 0.1) is 0 Å². The summed E-state index contributed by atoms with van der Waals surface area (Å²) in [6.45, 7) is 14.4. The number of methoxy groups -OCH3 is 1. The van der Waals surface area contributed by atoms with Crippen LogP contribution in [-0.4, -0.2) is 71.7 Å². The Balaban J connectivity index is 2.09. The van der Waals surface area contributed by atoms with Crippen LogP contribution < -0.4 is 15.0 Å².